The zero-order chi connectivity index (χ0) is 23.2. The fraction of sp³-hybridized carbons (Fsp3) is 0.0417. The van der Waals surface area contributed by atoms with Gasteiger partial charge in [-0.15, -0.1) is 11.3 Å². The van der Waals surface area contributed by atoms with Crippen LogP contribution in [-0.2, 0) is 9.59 Å². The summed E-state index contributed by atoms with van der Waals surface area (Å²) in [6, 6.07) is 17.2. The van der Waals surface area contributed by atoms with E-state index >= 15 is 0 Å². The first-order chi connectivity index (χ1) is 15.6. The molecule has 2 aromatic heterocycles. The maximum atomic E-state index is 10.4. The quantitative estimate of drug-likeness (QED) is 0.101. The molecule has 4 N–H and O–H groups in total. The highest BCUT2D eigenvalue weighted by atomic mass is 32.1. The third-order valence-electron chi connectivity index (χ3n) is 3.94. The van der Waals surface area contributed by atoms with E-state index in [4.69, 9.17) is 5.73 Å². The molecule has 0 saturated heterocycles. The van der Waals surface area contributed by atoms with Crippen molar-refractivity contribution in [1.29, 1.82) is 0 Å². The van der Waals surface area contributed by atoms with Crippen LogP contribution in [0.3, 0.4) is 0 Å². The Morgan fingerprint density at radius 1 is 1.06 bits per heavy atom. The number of aldehydes is 1. The molecule has 32 heavy (non-hydrogen) atoms. The average Bonchev–Trinajstić information content (AvgIpc) is 3.44. The number of aromatic nitrogens is 2. The van der Waals surface area contributed by atoms with E-state index in [9.17, 15) is 9.59 Å². The predicted molar refractivity (Wildman–Crippen MR) is 138 cm³/mol. The standard InChI is InChI=1S/C14H12N4O.C5H6OS.C5H6S/c15-10-3-1-9(2-4-10)14-17-12-6-5-11(16-8-19)7-13(12)18-14;6-4-2-1-3-5-7;1-5-3-2-4-6-5/h1-8H,15H2,(H,16,19)(H,17,18);1-5,7H;2-4H,1H3/b;2-1+,5-3-;. The van der Waals surface area contributed by atoms with Gasteiger partial charge in [-0.1, -0.05) is 18.2 Å². The smallest absolute Gasteiger partial charge is 0.211 e. The second-order valence-electron chi connectivity index (χ2n) is 6.29. The van der Waals surface area contributed by atoms with Crippen LogP contribution in [0.1, 0.15) is 4.88 Å². The van der Waals surface area contributed by atoms with Gasteiger partial charge in [0.15, 0.2) is 0 Å². The summed E-state index contributed by atoms with van der Waals surface area (Å²) in [7, 11) is 0. The third-order valence-corrected chi connectivity index (χ3v) is 4.92. The summed E-state index contributed by atoms with van der Waals surface area (Å²) < 4.78 is 0. The number of hydrogen-bond acceptors (Lipinski definition) is 6. The van der Waals surface area contributed by atoms with Gasteiger partial charge in [-0.3, -0.25) is 9.59 Å². The van der Waals surface area contributed by atoms with Crippen LogP contribution < -0.4 is 11.1 Å². The van der Waals surface area contributed by atoms with E-state index < -0.39 is 0 Å². The van der Waals surface area contributed by atoms with Crippen LogP contribution in [0.25, 0.3) is 22.4 Å². The highest BCUT2D eigenvalue weighted by molar-refractivity contribution is 7.83. The molecule has 0 fully saturated rings. The van der Waals surface area contributed by atoms with E-state index in [1.165, 1.54) is 11.0 Å². The van der Waals surface area contributed by atoms with Crippen LogP contribution in [0, 0.1) is 6.92 Å². The molecular formula is C24H24N4O2S2. The second kappa shape index (κ2) is 13.6. The lowest BCUT2D eigenvalue weighted by atomic mass is 10.2. The van der Waals surface area contributed by atoms with Gasteiger partial charge in [0, 0.05) is 21.8 Å². The highest BCUT2D eigenvalue weighted by Crippen LogP contribution is 2.23. The summed E-state index contributed by atoms with van der Waals surface area (Å²) in [5.41, 5.74) is 9.80. The molecule has 8 heteroatoms. The van der Waals surface area contributed by atoms with Crippen molar-refractivity contribution in [2.24, 2.45) is 0 Å². The Kier molecular flexibility index (Phi) is 10.5. The number of hydrogen-bond donors (Lipinski definition) is 4. The lowest BCUT2D eigenvalue weighted by Gasteiger charge is -1.97. The molecule has 0 aliphatic carbocycles. The van der Waals surface area contributed by atoms with Gasteiger partial charge in [0.1, 0.15) is 12.1 Å². The van der Waals surface area contributed by atoms with Gasteiger partial charge in [0.25, 0.3) is 0 Å². The second-order valence-corrected chi connectivity index (χ2v) is 7.74. The van der Waals surface area contributed by atoms with Gasteiger partial charge in [-0.05, 0) is 72.3 Å². The van der Waals surface area contributed by atoms with Gasteiger partial charge in [0.2, 0.25) is 6.41 Å². The fourth-order valence-corrected chi connectivity index (χ4v) is 3.09. The monoisotopic (exact) mass is 464 g/mol. The lowest BCUT2D eigenvalue weighted by molar-refractivity contribution is -0.105. The minimum Gasteiger partial charge on any atom is -0.399 e. The molecule has 0 saturated carbocycles. The van der Waals surface area contributed by atoms with Gasteiger partial charge < -0.3 is 16.0 Å². The Morgan fingerprint density at radius 2 is 1.84 bits per heavy atom. The van der Waals surface area contributed by atoms with Crippen molar-refractivity contribution in [3.63, 3.8) is 0 Å². The summed E-state index contributed by atoms with van der Waals surface area (Å²) in [5, 5.41) is 6.25. The Balaban J connectivity index is 0.000000229. The van der Waals surface area contributed by atoms with Gasteiger partial charge >= 0.3 is 0 Å². The Bertz CT molecular complexity index is 1160. The molecule has 2 heterocycles. The number of nitrogens with two attached hydrogens (primary N) is 1. The average molecular weight is 465 g/mol. The number of thiophene rings is 1. The van der Waals surface area contributed by atoms with Crippen molar-refractivity contribution in [2.45, 2.75) is 6.92 Å². The number of nitrogens with zero attached hydrogens (tertiary/aromatic N) is 1. The predicted octanol–water partition coefficient (Wildman–Crippen LogP) is 5.62. The maximum absolute atomic E-state index is 10.4. The van der Waals surface area contributed by atoms with Gasteiger partial charge in [0.05, 0.1) is 11.0 Å². The number of thiol groups is 1. The maximum Gasteiger partial charge on any atom is 0.211 e. The highest BCUT2D eigenvalue weighted by Gasteiger charge is 2.05. The minimum absolute atomic E-state index is 0.651. The molecule has 0 radical (unpaired) electrons. The first-order valence-corrected chi connectivity index (χ1v) is 10.9. The zero-order valence-corrected chi connectivity index (χ0v) is 19.1. The van der Waals surface area contributed by atoms with Crippen molar-refractivity contribution in [3.05, 3.63) is 88.5 Å². The normalized spacial score (nSPS) is 10.3. The van der Waals surface area contributed by atoms with E-state index in [1.807, 2.05) is 42.5 Å². The molecule has 0 atom stereocenters. The first-order valence-electron chi connectivity index (χ1n) is 9.54. The number of amides is 1. The number of aromatic amines is 1. The number of carbonyl (C=O) groups excluding carboxylic acids is 2. The van der Waals surface area contributed by atoms with Crippen LogP contribution in [0.5, 0.6) is 0 Å². The Morgan fingerprint density at radius 3 is 2.41 bits per heavy atom. The van der Waals surface area contributed by atoms with Crippen LogP contribution in [0.4, 0.5) is 11.4 Å². The molecule has 1 amide bonds. The number of nitrogen functional groups attached to an aromatic ring is 1. The summed E-state index contributed by atoms with van der Waals surface area (Å²) in [6.45, 7) is 2.10. The molecule has 0 aliphatic heterocycles. The number of nitrogens with one attached hydrogen (secondary N) is 2. The summed E-state index contributed by atoms with van der Waals surface area (Å²) in [4.78, 5) is 29.1. The van der Waals surface area contributed by atoms with Crippen molar-refractivity contribution in [2.75, 3.05) is 11.1 Å². The Labute approximate surface area is 196 Å². The van der Waals surface area contributed by atoms with E-state index in [0.717, 1.165) is 33.8 Å². The number of rotatable bonds is 5. The largest absolute Gasteiger partial charge is 0.399 e. The number of H-pyrrole nitrogens is 1. The van der Waals surface area contributed by atoms with Crippen LogP contribution >= 0.6 is 24.0 Å². The molecule has 0 spiro atoms. The van der Waals surface area contributed by atoms with Crippen molar-refractivity contribution >= 4 is 59.1 Å². The number of carbonyl (C=O) groups is 2. The number of allylic oxidation sites excluding steroid dienone is 3. The number of aryl methyl sites for hydroxylation is 1. The SMILES string of the molecule is Cc1cccs1.Nc1ccc(-c2nc3ccc(NC=O)cc3[nH]2)cc1.O=C/C=C/C=C\S. The van der Waals surface area contributed by atoms with Crippen molar-refractivity contribution in [3.8, 4) is 11.4 Å². The molecule has 2 aromatic carbocycles. The van der Waals surface area contributed by atoms with E-state index in [2.05, 4.69) is 52.4 Å². The Hall–Kier alpha value is -3.62. The van der Waals surface area contributed by atoms with E-state index in [-0.39, 0.29) is 0 Å². The van der Waals surface area contributed by atoms with Crippen LogP contribution in [-0.4, -0.2) is 22.7 Å². The zero-order valence-electron chi connectivity index (χ0n) is 17.4. The molecule has 0 bridgehead atoms. The molecule has 164 valence electrons. The molecule has 4 aromatic rings. The summed E-state index contributed by atoms with van der Waals surface area (Å²) >= 11 is 5.52. The van der Waals surface area contributed by atoms with E-state index in [0.29, 0.717) is 12.7 Å². The van der Waals surface area contributed by atoms with Crippen LogP contribution in [0.15, 0.2) is 83.6 Å². The van der Waals surface area contributed by atoms with E-state index in [1.54, 1.807) is 28.9 Å². The summed E-state index contributed by atoms with van der Waals surface area (Å²) in [5.74, 6) is 0.776. The number of fused-ring (bicyclic) bond motifs is 1. The topological polar surface area (TPSA) is 101 Å². The van der Waals surface area contributed by atoms with Crippen LogP contribution in [0.2, 0.25) is 0 Å². The fourth-order valence-electron chi connectivity index (χ4n) is 2.47. The van der Waals surface area contributed by atoms with Gasteiger partial charge in [-0.25, -0.2) is 4.98 Å². The van der Waals surface area contributed by atoms with Crippen molar-refractivity contribution in [1.82, 2.24) is 9.97 Å². The minimum atomic E-state index is 0.651. The van der Waals surface area contributed by atoms with Gasteiger partial charge in [-0.2, -0.15) is 12.6 Å². The summed E-state index contributed by atoms with van der Waals surface area (Å²) in [6.07, 6.45) is 6.04. The number of benzene rings is 2. The third kappa shape index (κ3) is 8.25. The molecule has 4 rings (SSSR count). The lowest BCUT2D eigenvalue weighted by Crippen LogP contribution is -1.92. The number of imidazole rings is 1. The first kappa shape index (κ1) is 24.6. The number of anilines is 2. The van der Waals surface area contributed by atoms with Crippen molar-refractivity contribution < 1.29 is 9.59 Å². The molecule has 6 nitrogen and oxygen atoms in total. The molecule has 0 unspecified atom stereocenters. The molecule has 0 aliphatic rings. The molecular weight excluding hydrogens is 440 g/mol.